The van der Waals surface area contributed by atoms with Crippen LogP contribution in [0.2, 0.25) is 0 Å². The smallest absolute Gasteiger partial charge is 0.0558 e. The lowest BCUT2D eigenvalue weighted by molar-refractivity contribution is 0.243. The number of nitrogens with zero attached hydrogens (tertiary/aromatic N) is 1. The van der Waals surface area contributed by atoms with Gasteiger partial charge in [0.15, 0.2) is 0 Å². The van der Waals surface area contributed by atoms with Crippen LogP contribution in [0.4, 0.5) is 0 Å². The van der Waals surface area contributed by atoms with Crippen molar-refractivity contribution in [2.75, 3.05) is 27.2 Å². The maximum absolute atomic E-state index is 8.20. The second kappa shape index (κ2) is 9.65. The summed E-state index contributed by atoms with van der Waals surface area (Å²) in [5.74, 6) is 0. The summed E-state index contributed by atoms with van der Waals surface area (Å²) in [5.41, 5.74) is 0. The third-order valence-corrected chi connectivity index (χ3v) is 0.901. The van der Waals surface area contributed by atoms with Crippen molar-refractivity contribution in [3.8, 4) is 0 Å². The highest BCUT2D eigenvalue weighted by Crippen LogP contribution is 2.14. The maximum Gasteiger partial charge on any atom is 0.0558 e. The second-order valence-electron chi connectivity index (χ2n) is 2.59. The Labute approximate surface area is 80.6 Å². The van der Waals surface area contributed by atoms with E-state index < -0.39 is 0 Å². The Hall–Kier alpha value is 0.650. The highest BCUT2D eigenvalue weighted by molar-refractivity contribution is 14.0. The molecular formula is C7H18INO. The third kappa shape index (κ3) is 23.4. The molecule has 1 fully saturated rings. The van der Waals surface area contributed by atoms with Crippen LogP contribution in [-0.4, -0.2) is 37.3 Å². The number of likely N-dealkylation sites (N-methyl/N-ethyl adjacent to an activating group) is 1. The van der Waals surface area contributed by atoms with E-state index in [1.165, 1.54) is 19.3 Å². The Morgan fingerprint density at radius 1 is 1.20 bits per heavy atom. The summed E-state index contributed by atoms with van der Waals surface area (Å²) in [7, 11) is 3.85. The minimum Gasteiger partial charge on any atom is -0.395 e. The lowest BCUT2D eigenvalue weighted by atomic mass is 10.6. The van der Waals surface area contributed by atoms with E-state index in [1.807, 2.05) is 19.0 Å². The lowest BCUT2D eigenvalue weighted by Gasteiger charge is -2.03. The Kier molecular flexibility index (Phi) is 12.8. The fourth-order valence-electron chi connectivity index (χ4n) is 0.200. The summed E-state index contributed by atoms with van der Waals surface area (Å²) in [6.45, 7) is 1.02. The molecule has 0 heterocycles. The summed E-state index contributed by atoms with van der Waals surface area (Å²) in [5, 5.41) is 8.20. The molecule has 1 N–H and O–H groups in total. The van der Waals surface area contributed by atoms with Gasteiger partial charge >= 0.3 is 0 Å². The normalized spacial score (nSPS) is 13.2. The van der Waals surface area contributed by atoms with Crippen LogP contribution in [0.15, 0.2) is 0 Å². The van der Waals surface area contributed by atoms with Gasteiger partial charge in [-0.2, -0.15) is 0 Å². The van der Waals surface area contributed by atoms with Gasteiger partial charge in [-0.1, -0.05) is 19.3 Å². The van der Waals surface area contributed by atoms with Crippen molar-refractivity contribution in [3.05, 3.63) is 0 Å². The van der Waals surface area contributed by atoms with Crippen LogP contribution in [0, 0.1) is 0 Å². The van der Waals surface area contributed by atoms with Crippen LogP contribution in [-0.2, 0) is 0 Å². The first kappa shape index (κ1) is 13.3. The summed E-state index contributed by atoms with van der Waals surface area (Å²) in [6, 6.07) is 0. The van der Waals surface area contributed by atoms with Gasteiger partial charge in [0, 0.05) is 6.54 Å². The molecule has 1 saturated carbocycles. The topological polar surface area (TPSA) is 23.5 Å². The zero-order chi connectivity index (χ0) is 7.11. The van der Waals surface area contributed by atoms with E-state index in [0.717, 1.165) is 6.54 Å². The second-order valence-corrected chi connectivity index (χ2v) is 2.59. The zero-order valence-electron chi connectivity index (χ0n) is 6.84. The van der Waals surface area contributed by atoms with Crippen LogP contribution < -0.4 is 0 Å². The van der Waals surface area contributed by atoms with E-state index in [-0.39, 0.29) is 30.6 Å². The van der Waals surface area contributed by atoms with Crippen molar-refractivity contribution in [2.45, 2.75) is 19.3 Å². The van der Waals surface area contributed by atoms with Crippen molar-refractivity contribution in [1.29, 1.82) is 0 Å². The van der Waals surface area contributed by atoms with E-state index >= 15 is 0 Å². The number of rotatable bonds is 2. The molecule has 3 heteroatoms. The van der Waals surface area contributed by atoms with Crippen molar-refractivity contribution in [3.63, 3.8) is 0 Å². The molecule has 1 aliphatic carbocycles. The molecule has 2 nitrogen and oxygen atoms in total. The Balaban J connectivity index is 0. The summed E-state index contributed by atoms with van der Waals surface area (Å²) in [4.78, 5) is 1.93. The number of aliphatic hydroxyl groups is 1. The SMILES string of the molecule is C1CC1.CN(C)CCO.I. The van der Waals surface area contributed by atoms with Gasteiger partial charge in [0.1, 0.15) is 0 Å². The molecule has 10 heavy (non-hydrogen) atoms. The van der Waals surface area contributed by atoms with E-state index in [9.17, 15) is 0 Å². The van der Waals surface area contributed by atoms with Crippen LogP contribution in [0.1, 0.15) is 19.3 Å². The van der Waals surface area contributed by atoms with Crippen molar-refractivity contribution in [2.24, 2.45) is 0 Å². The Morgan fingerprint density at radius 2 is 1.60 bits per heavy atom. The number of halogens is 1. The Morgan fingerprint density at radius 3 is 1.60 bits per heavy atom. The predicted molar refractivity (Wildman–Crippen MR) is 54.9 cm³/mol. The molecule has 0 aliphatic heterocycles. The van der Waals surface area contributed by atoms with Gasteiger partial charge in [0.25, 0.3) is 0 Å². The van der Waals surface area contributed by atoms with Gasteiger partial charge in [0.2, 0.25) is 0 Å². The quantitative estimate of drug-likeness (QED) is 0.756. The lowest BCUT2D eigenvalue weighted by Crippen LogP contribution is -2.15. The van der Waals surface area contributed by atoms with Crippen LogP contribution in [0.25, 0.3) is 0 Å². The van der Waals surface area contributed by atoms with Crippen molar-refractivity contribution < 1.29 is 5.11 Å². The van der Waals surface area contributed by atoms with Crippen molar-refractivity contribution in [1.82, 2.24) is 4.90 Å². The molecule has 0 aromatic rings. The maximum atomic E-state index is 8.20. The fourth-order valence-corrected chi connectivity index (χ4v) is 0.200. The third-order valence-electron chi connectivity index (χ3n) is 0.901. The van der Waals surface area contributed by atoms with Gasteiger partial charge < -0.3 is 10.0 Å². The van der Waals surface area contributed by atoms with E-state index in [1.54, 1.807) is 0 Å². The van der Waals surface area contributed by atoms with Gasteiger partial charge in [-0.3, -0.25) is 0 Å². The first-order chi connectivity index (χ1) is 4.27. The van der Waals surface area contributed by atoms with E-state index in [0.29, 0.717) is 0 Å². The average molecular weight is 259 g/mol. The molecule has 1 aliphatic rings. The Bertz CT molecular complexity index is 54.8. The molecule has 1 rings (SSSR count). The van der Waals surface area contributed by atoms with E-state index in [4.69, 9.17) is 5.11 Å². The standard InChI is InChI=1S/C4H11NO.C3H6.HI/c1-5(2)3-4-6;1-2-3-1;/h6H,3-4H2,1-2H3;1-3H2;1H. The molecular weight excluding hydrogens is 241 g/mol. The van der Waals surface area contributed by atoms with Gasteiger partial charge in [-0.15, -0.1) is 24.0 Å². The summed E-state index contributed by atoms with van der Waals surface area (Å²) in [6.07, 6.45) is 4.50. The molecule has 0 amide bonds. The largest absolute Gasteiger partial charge is 0.395 e. The van der Waals surface area contributed by atoms with Crippen LogP contribution in [0.3, 0.4) is 0 Å². The molecule has 0 atom stereocenters. The van der Waals surface area contributed by atoms with Crippen LogP contribution in [0.5, 0.6) is 0 Å². The van der Waals surface area contributed by atoms with Gasteiger partial charge in [-0.25, -0.2) is 0 Å². The molecule has 0 saturated heterocycles. The predicted octanol–water partition coefficient (Wildman–Crippen LogP) is 1.33. The number of hydrogen-bond donors (Lipinski definition) is 1. The average Bonchev–Trinajstić information content (AvgIpc) is 2.45. The first-order valence-corrected chi connectivity index (χ1v) is 3.53. The highest BCUT2D eigenvalue weighted by Gasteiger charge is 1.95. The molecule has 0 unspecified atom stereocenters. The van der Waals surface area contributed by atoms with E-state index in [2.05, 4.69) is 0 Å². The summed E-state index contributed by atoms with van der Waals surface area (Å²) < 4.78 is 0. The summed E-state index contributed by atoms with van der Waals surface area (Å²) >= 11 is 0. The van der Waals surface area contributed by atoms with Gasteiger partial charge in [0.05, 0.1) is 6.61 Å². The monoisotopic (exact) mass is 259 g/mol. The number of aliphatic hydroxyl groups excluding tert-OH is 1. The molecule has 64 valence electrons. The minimum absolute atomic E-state index is 0. The molecule has 0 aromatic heterocycles. The minimum atomic E-state index is 0. The van der Waals surface area contributed by atoms with Crippen molar-refractivity contribution >= 4 is 24.0 Å². The molecule has 0 spiro atoms. The zero-order valence-corrected chi connectivity index (χ0v) is 9.17. The number of hydrogen-bond acceptors (Lipinski definition) is 2. The highest BCUT2D eigenvalue weighted by atomic mass is 127. The van der Waals surface area contributed by atoms with Crippen LogP contribution >= 0.6 is 24.0 Å². The fraction of sp³-hybridized carbons (Fsp3) is 1.00. The van der Waals surface area contributed by atoms with Gasteiger partial charge in [-0.05, 0) is 14.1 Å². The first-order valence-electron chi connectivity index (χ1n) is 3.53. The molecule has 0 aromatic carbocycles. The molecule has 0 bridgehead atoms. The molecule has 0 radical (unpaired) electrons.